The topological polar surface area (TPSA) is 69.6 Å². The van der Waals surface area contributed by atoms with Crippen molar-refractivity contribution in [3.8, 4) is 0 Å². The normalized spacial score (nSPS) is 10.4. The van der Waals surface area contributed by atoms with Crippen LogP contribution in [0.2, 0.25) is 0 Å². The molecule has 6 heteroatoms. The van der Waals surface area contributed by atoms with Crippen molar-refractivity contribution in [3.05, 3.63) is 34.7 Å². The molecule has 1 heterocycles. The standard InChI is InChI=1S/C13H20N2O4/c1-18-10-11-19-9-6-14-12(16)5-8-15-7-3-2-4-13(15)17/h2-4,7H,5-6,8-11H2,1H3,(H,14,16). The fourth-order valence-electron chi connectivity index (χ4n) is 1.46. The number of nitrogens with one attached hydrogen (secondary N) is 1. The van der Waals surface area contributed by atoms with Gasteiger partial charge in [-0.2, -0.15) is 0 Å². The number of pyridine rings is 1. The van der Waals surface area contributed by atoms with Crippen molar-refractivity contribution in [2.75, 3.05) is 33.5 Å². The van der Waals surface area contributed by atoms with Gasteiger partial charge in [0.15, 0.2) is 0 Å². The predicted octanol–water partition coefficient (Wildman–Crippen LogP) is 0.0176. The lowest BCUT2D eigenvalue weighted by molar-refractivity contribution is -0.121. The van der Waals surface area contributed by atoms with E-state index in [0.29, 0.717) is 32.9 Å². The molecule has 1 aromatic rings. The van der Waals surface area contributed by atoms with Gasteiger partial charge in [-0.3, -0.25) is 9.59 Å². The molecule has 0 saturated carbocycles. The van der Waals surface area contributed by atoms with Gasteiger partial charge in [0.2, 0.25) is 5.91 Å². The van der Waals surface area contributed by atoms with E-state index in [1.54, 1.807) is 25.4 Å². The molecule has 0 saturated heterocycles. The first kappa shape index (κ1) is 15.4. The second kappa shape index (κ2) is 9.29. The summed E-state index contributed by atoms with van der Waals surface area (Å²) >= 11 is 0. The van der Waals surface area contributed by atoms with Gasteiger partial charge in [-0.05, 0) is 6.07 Å². The van der Waals surface area contributed by atoms with Crippen LogP contribution < -0.4 is 10.9 Å². The number of aryl methyl sites for hydroxylation is 1. The SMILES string of the molecule is COCCOCCNC(=O)CCn1ccccc1=O. The van der Waals surface area contributed by atoms with Gasteiger partial charge in [-0.1, -0.05) is 6.07 Å². The minimum atomic E-state index is -0.0989. The summed E-state index contributed by atoms with van der Waals surface area (Å²) in [5, 5.41) is 2.73. The van der Waals surface area contributed by atoms with Crippen molar-refractivity contribution in [3.63, 3.8) is 0 Å². The lowest BCUT2D eigenvalue weighted by Crippen LogP contribution is -2.29. The second-order valence-electron chi connectivity index (χ2n) is 3.94. The number of carbonyl (C=O) groups excluding carboxylic acids is 1. The fourth-order valence-corrected chi connectivity index (χ4v) is 1.46. The average Bonchev–Trinajstić information content (AvgIpc) is 2.42. The largest absolute Gasteiger partial charge is 0.382 e. The van der Waals surface area contributed by atoms with Crippen molar-refractivity contribution in [2.45, 2.75) is 13.0 Å². The molecule has 19 heavy (non-hydrogen) atoms. The quantitative estimate of drug-likeness (QED) is 0.641. The Morgan fingerprint density at radius 2 is 2.16 bits per heavy atom. The minimum Gasteiger partial charge on any atom is -0.382 e. The number of aromatic nitrogens is 1. The number of ether oxygens (including phenoxy) is 2. The van der Waals surface area contributed by atoms with Crippen LogP contribution in [0.25, 0.3) is 0 Å². The summed E-state index contributed by atoms with van der Waals surface area (Å²) in [5.74, 6) is -0.0916. The Hall–Kier alpha value is -1.66. The number of rotatable bonds is 9. The Morgan fingerprint density at radius 3 is 2.89 bits per heavy atom. The Labute approximate surface area is 112 Å². The molecule has 0 atom stereocenters. The number of carbonyl (C=O) groups is 1. The van der Waals surface area contributed by atoms with Gasteiger partial charge in [0.25, 0.3) is 5.56 Å². The number of nitrogens with zero attached hydrogens (tertiary/aromatic N) is 1. The number of amides is 1. The van der Waals surface area contributed by atoms with Crippen molar-refractivity contribution in [1.82, 2.24) is 9.88 Å². The Morgan fingerprint density at radius 1 is 1.32 bits per heavy atom. The van der Waals surface area contributed by atoms with Crippen molar-refractivity contribution in [1.29, 1.82) is 0 Å². The maximum absolute atomic E-state index is 11.5. The fraction of sp³-hybridized carbons (Fsp3) is 0.538. The highest BCUT2D eigenvalue weighted by Crippen LogP contribution is 1.88. The predicted molar refractivity (Wildman–Crippen MR) is 71.0 cm³/mol. The van der Waals surface area contributed by atoms with E-state index in [2.05, 4.69) is 5.32 Å². The molecule has 0 aromatic carbocycles. The summed E-state index contributed by atoms with van der Waals surface area (Å²) in [7, 11) is 1.61. The molecule has 0 radical (unpaired) electrons. The molecule has 0 bridgehead atoms. The van der Waals surface area contributed by atoms with Crippen LogP contribution in [0.1, 0.15) is 6.42 Å². The highest BCUT2D eigenvalue weighted by Gasteiger charge is 2.01. The van der Waals surface area contributed by atoms with Crippen LogP contribution in [-0.4, -0.2) is 43.9 Å². The van der Waals surface area contributed by atoms with E-state index in [1.165, 1.54) is 10.6 Å². The van der Waals surface area contributed by atoms with E-state index < -0.39 is 0 Å². The van der Waals surface area contributed by atoms with Gasteiger partial charge in [-0.15, -0.1) is 0 Å². The van der Waals surface area contributed by atoms with Crippen LogP contribution >= 0.6 is 0 Å². The third kappa shape index (κ3) is 6.73. The summed E-state index contributed by atoms with van der Waals surface area (Å²) in [6.07, 6.45) is 1.95. The lowest BCUT2D eigenvalue weighted by Gasteiger charge is -2.07. The van der Waals surface area contributed by atoms with E-state index in [-0.39, 0.29) is 17.9 Å². The summed E-state index contributed by atoms with van der Waals surface area (Å²) < 4.78 is 11.5. The zero-order valence-corrected chi connectivity index (χ0v) is 11.1. The summed E-state index contributed by atoms with van der Waals surface area (Å²) in [6.45, 7) is 2.37. The van der Waals surface area contributed by atoms with Gasteiger partial charge >= 0.3 is 0 Å². The molecule has 1 rings (SSSR count). The molecule has 1 N–H and O–H groups in total. The van der Waals surface area contributed by atoms with Gasteiger partial charge < -0.3 is 19.4 Å². The zero-order valence-electron chi connectivity index (χ0n) is 11.1. The first-order chi connectivity index (χ1) is 9.24. The van der Waals surface area contributed by atoms with E-state index in [4.69, 9.17) is 9.47 Å². The van der Waals surface area contributed by atoms with E-state index in [1.807, 2.05) is 0 Å². The Bertz CT molecular complexity index is 431. The molecule has 0 spiro atoms. The molecule has 1 amide bonds. The van der Waals surface area contributed by atoms with E-state index in [0.717, 1.165) is 0 Å². The number of hydrogen-bond acceptors (Lipinski definition) is 4. The van der Waals surface area contributed by atoms with Gasteiger partial charge in [0.1, 0.15) is 0 Å². The van der Waals surface area contributed by atoms with Crippen LogP contribution in [0.5, 0.6) is 0 Å². The van der Waals surface area contributed by atoms with Gasteiger partial charge in [-0.25, -0.2) is 0 Å². The smallest absolute Gasteiger partial charge is 0.250 e. The molecular formula is C13H20N2O4. The second-order valence-corrected chi connectivity index (χ2v) is 3.94. The summed E-state index contributed by atoms with van der Waals surface area (Å²) in [6, 6.07) is 4.92. The van der Waals surface area contributed by atoms with Crippen molar-refractivity contribution < 1.29 is 14.3 Å². The maximum Gasteiger partial charge on any atom is 0.250 e. The average molecular weight is 268 g/mol. The Balaban J connectivity index is 2.12. The van der Waals surface area contributed by atoms with Crippen LogP contribution in [0, 0.1) is 0 Å². The van der Waals surface area contributed by atoms with E-state index in [9.17, 15) is 9.59 Å². The molecule has 1 aromatic heterocycles. The van der Waals surface area contributed by atoms with E-state index >= 15 is 0 Å². The van der Waals surface area contributed by atoms with Crippen LogP contribution in [0.15, 0.2) is 29.2 Å². The molecule has 0 aliphatic rings. The highest BCUT2D eigenvalue weighted by atomic mass is 16.5. The zero-order chi connectivity index (χ0) is 13.9. The first-order valence-corrected chi connectivity index (χ1v) is 6.23. The number of hydrogen-bond donors (Lipinski definition) is 1. The molecule has 0 aliphatic heterocycles. The number of methoxy groups -OCH3 is 1. The van der Waals surface area contributed by atoms with Gasteiger partial charge in [0, 0.05) is 38.9 Å². The summed E-state index contributed by atoms with van der Waals surface area (Å²) in [5.41, 5.74) is -0.0989. The third-order valence-electron chi connectivity index (χ3n) is 2.48. The van der Waals surface area contributed by atoms with Gasteiger partial charge in [0.05, 0.1) is 19.8 Å². The molecule has 0 fully saturated rings. The van der Waals surface area contributed by atoms with Crippen LogP contribution in [0.3, 0.4) is 0 Å². The van der Waals surface area contributed by atoms with Crippen LogP contribution in [-0.2, 0) is 20.8 Å². The molecule has 6 nitrogen and oxygen atoms in total. The highest BCUT2D eigenvalue weighted by molar-refractivity contribution is 5.75. The van der Waals surface area contributed by atoms with Crippen LogP contribution in [0.4, 0.5) is 0 Å². The molecular weight excluding hydrogens is 248 g/mol. The minimum absolute atomic E-state index is 0.0916. The Kier molecular flexibility index (Phi) is 7.53. The molecule has 106 valence electrons. The maximum atomic E-state index is 11.5. The summed E-state index contributed by atoms with van der Waals surface area (Å²) in [4.78, 5) is 22.9. The third-order valence-corrected chi connectivity index (χ3v) is 2.48. The van der Waals surface area contributed by atoms with Crippen molar-refractivity contribution in [2.24, 2.45) is 0 Å². The molecule has 0 aliphatic carbocycles. The first-order valence-electron chi connectivity index (χ1n) is 6.23. The molecule has 0 unspecified atom stereocenters. The van der Waals surface area contributed by atoms with Crippen molar-refractivity contribution >= 4 is 5.91 Å². The lowest BCUT2D eigenvalue weighted by atomic mass is 10.3. The monoisotopic (exact) mass is 268 g/mol.